The van der Waals surface area contributed by atoms with Crippen LogP contribution in [0.4, 0.5) is 4.39 Å². The third kappa shape index (κ3) is 4.77. The summed E-state index contributed by atoms with van der Waals surface area (Å²) in [7, 11) is 0. The minimum atomic E-state index is -0.812. The highest BCUT2D eigenvalue weighted by molar-refractivity contribution is 5.82. The molecule has 4 nitrogen and oxygen atoms in total. The maximum Gasteiger partial charge on any atom is 0.303 e. The summed E-state index contributed by atoms with van der Waals surface area (Å²) in [6.45, 7) is 5.43. The molecule has 0 bridgehead atoms. The van der Waals surface area contributed by atoms with E-state index in [4.69, 9.17) is 5.11 Å². The summed E-state index contributed by atoms with van der Waals surface area (Å²) in [5.41, 5.74) is 4.28. The molecule has 0 spiro atoms. The van der Waals surface area contributed by atoms with E-state index < -0.39 is 5.97 Å². The van der Waals surface area contributed by atoms with Crippen molar-refractivity contribution in [1.82, 2.24) is 0 Å². The first-order valence-corrected chi connectivity index (χ1v) is 9.53. The van der Waals surface area contributed by atoms with Crippen molar-refractivity contribution in [2.75, 3.05) is 0 Å². The Morgan fingerprint density at radius 3 is 2.25 bits per heavy atom. The van der Waals surface area contributed by atoms with Crippen molar-refractivity contribution < 1.29 is 24.2 Å². The predicted molar refractivity (Wildman–Crippen MR) is 107 cm³/mol. The molecule has 2 aromatic carbocycles. The first kappa shape index (κ1) is 21.6. The zero-order chi connectivity index (χ0) is 20.8. The van der Waals surface area contributed by atoms with E-state index in [-0.39, 0.29) is 23.9 Å². The first-order chi connectivity index (χ1) is 13.3. The van der Waals surface area contributed by atoms with E-state index in [1.165, 1.54) is 12.1 Å². The summed E-state index contributed by atoms with van der Waals surface area (Å²) >= 11 is 0. The number of benzene rings is 2. The SMILES string of the molecule is Cc1c(C)c(C=O)c(C)c(C(CCCCCC(=O)O)c2ccc(F)cc2)c1O. The zero-order valence-corrected chi connectivity index (χ0v) is 16.6. The smallest absolute Gasteiger partial charge is 0.303 e. The van der Waals surface area contributed by atoms with Gasteiger partial charge in [-0.1, -0.05) is 25.0 Å². The highest BCUT2D eigenvalue weighted by Gasteiger charge is 2.24. The van der Waals surface area contributed by atoms with Crippen LogP contribution in [0.25, 0.3) is 0 Å². The van der Waals surface area contributed by atoms with E-state index in [0.29, 0.717) is 29.5 Å². The van der Waals surface area contributed by atoms with Crippen molar-refractivity contribution in [1.29, 1.82) is 0 Å². The second kappa shape index (κ2) is 9.49. The van der Waals surface area contributed by atoms with Crippen LogP contribution < -0.4 is 0 Å². The Kier molecular flexibility index (Phi) is 7.32. The second-order valence-corrected chi connectivity index (χ2v) is 7.27. The second-order valence-electron chi connectivity index (χ2n) is 7.27. The molecule has 0 saturated carbocycles. The number of carbonyl (C=O) groups is 2. The van der Waals surface area contributed by atoms with Gasteiger partial charge in [0.15, 0.2) is 6.29 Å². The van der Waals surface area contributed by atoms with Crippen molar-refractivity contribution in [3.8, 4) is 5.75 Å². The standard InChI is InChI=1S/C23H27FO4/c1-14-15(2)23(28)22(16(3)20(14)13-25)19(7-5-4-6-8-21(26)27)17-9-11-18(24)12-10-17/h9-13,19,28H,4-8H2,1-3H3,(H,26,27). The highest BCUT2D eigenvalue weighted by atomic mass is 19.1. The molecule has 2 N–H and O–H groups in total. The zero-order valence-electron chi connectivity index (χ0n) is 16.6. The maximum absolute atomic E-state index is 13.4. The minimum absolute atomic E-state index is 0.129. The summed E-state index contributed by atoms with van der Waals surface area (Å²) in [6, 6.07) is 6.18. The number of aromatic hydroxyl groups is 1. The largest absolute Gasteiger partial charge is 0.507 e. The van der Waals surface area contributed by atoms with Crippen LogP contribution in [0.1, 0.15) is 76.2 Å². The lowest BCUT2D eigenvalue weighted by molar-refractivity contribution is -0.137. The molecular formula is C23H27FO4. The van der Waals surface area contributed by atoms with Gasteiger partial charge in [-0.3, -0.25) is 9.59 Å². The van der Waals surface area contributed by atoms with E-state index in [1.807, 2.05) is 13.8 Å². The lowest BCUT2D eigenvalue weighted by atomic mass is 9.80. The number of rotatable bonds is 9. The molecule has 2 rings (SSSR count). The lowest BCUT2D eigenvalue weighted by Gasteiger charge is -2.25. The molecule has 150 valence electrons. The number of phenols is 1. The Labute approximate surface area is 165 Å². The van der Waals surface area contributed by atoms with E-state index in [2.05, 4.69) is 0 Å². The van der Waals surface area contributed by atoms with Crippen molar-refractivity contribution in [2.24, 2.45) is 0 Å². The molecule has 2 aromatic rings. The highest BCUT2D eigenvalue weighted by Crippen LogP contribution is 2.41. The fraction of sp³-hybridized carbons (Fsp3) is 0.391. The van der Waals surface area contributed by atoms with Gasteiger partial charge < -0.3 is 10.2 Å². The van der Waals surface area contributed by atoms with E-state index in [0.717, 1.165) is 35.8 Å². The topological polar surface area (TPSA) is 74.6 Å². The number of phenolic OH excluding ortho intramolecular Hbond substituents is 1. The number of carboxylic acids is 1. The van der Waals surface area contributed by atoms with Crippen molar-refractivity contribution in [2.45, 2.75) is 58.8 Å². The first-order valence-electron chi connectivity index (χ1n) is 9.53. The number of carboxylic acid groups (broad SMARTS) is 1. The third-order valence-electron chi connectivity index (χ3n) is 5.51. The van der Waals surface area contributed by atoms with Crippen molar-refractivity contribution >= 4 is 12.3 Å². The van der Waals surface area contributed by atoms with Gasteiger partial charge in [0, 0.05) is 23.5 Å². The number of aldehydes is 1. The molecule has 0 aromatic heterocycles. The molecule has 28 heavy (non-hydrogen) atoms. The van der Waals surface area contributed by atoms with Gasteiger partial charge >= 0.3 is 5.97 Å². The molecule has 1 unspecified atom stereocenters. The molecule has 0 fully saturated rings. The number of halogens is 1. The summed E-state index contributed by atoms with van der Waals surface area (Å²) < 4.78 is 13.4. The Bertz CT molecular complexity index is 856. The van der Waals surface area contributed by atoms with Crippen LogP contribution in [-0.2, 0) is 4.79 Å². The van der Waals surface area contributed by atoms with Crippen LogP contribution in [0.5, 0.6) is 5.75 Å². The summed E-state index contributed by atoms with van der Waals surface area (Å²) in [5, 5.41) is 19.7. The van der Waals surface area contributed by atoms with Crippen LogP contribution in [0.2, 0.25) is 0 Å². The monoisotopic (exact) mass is 386 g/mol. The Morgan fingerprint density at radius 2 is 1.68 bits per heavy atom. The average Bonchev–Trinajstić information content (AvgIpc) is 2.65. The van der Waals surface area contributed by atoms with Crippen LogP contribution in [0.15, 0.2) is 24.3 Å². The Morgan fingerprint density at radius 1 is 1.04 bits per heavy atom. The van der Waals surface area contributed by atoms with Crippen LogP contribution >= 0.6 is 0 Å². The van der Waals surface area contributed by atoms with Crippen LogP contribution in [-0.4, -0.2) is 22.5 Å². The predicted octanol–water partition coefficient (Wildman–Crippen LogP) is 5.44. The summed E-state index contributed by atoms with van der Waals surface area (Å²) in [5.74, 6) is -1.18. The Balaban J connectivity index is 2.44. The van der Waals surface area contributed by atoms with Gasteiger partial charge in [-0.15, -0.1) is 0 Å². The molecule has 0 heterocycles. The number of hydrogen-bond acceptors (Lipinski definition) is 3. The van der Waals surface area contributed by atoms with Gasteiger partial charge in [0.25, 0.3) is 0 Å². The molecule has 5 heteroatoms. The summed E-state index contributed by atoms with van der Waals surface area (Å²) in [6.07, 6.45) is 3.70. The molecule has 0 aliphatic heterocycles. The van der Waals surface area contributed by atoms with Gasteiger partial charge in [-0.2, -0.15) is 0 Å². The maximum atomic E-state index is 13.4. The van der Waals surface area contributed by atoms with Crippen LogP contribution in [0, 0.1) is 26.6 Å². The number of aliphatic carboxylic acids is 1. The Hall–Kier alpha value is -2.69. The number of hydrogen-bond donors (Lipinski definition) is 2. The van der Waals surface area contributed by atoms with Crippen LogP contribution in [0.3, 0.4) is 0 Å². The van der Waals surface area contributed by atoms with Crippen molar-refractivity contribution in [3.05, 3.63) is 63.5 Å². The fourth-order valence-electron chi connectivity index (χ4n) is 3.76. The molecular weight excluding hydrogens is 359 g/mol. The molecule has 1 atom stereocenters. The minimum Gasteiger partial charge on any atom is -0.507 e. The lowest BCUT2D eigenvalue weighted by Crippen LogP contribution is -2.09. The average molecular weight is 386 g/mol. The molecule has 0 aliphatic carbocycles. The molecule has 0 saturated heterocycles. The molecule has 0 amide bonds. The van der Waals surface area contributed by atoms with Gasteiger partial charge in [0.1, 0.15) is 11.6 Å². The normalized spacial score (nSPS) is 12.0. The van der Waals surface area contributed by atoms with E-state index in [1.54, 1.807) is 19.1 Å². The van der Waals surface area contributed by atoms with Gasteiger partial charge in [-0.05, 0) is 68.0 Å². The van der Waals surface area contributed by atoms with Gasteiger partial charge in [0.2, 0.25) is 0 Å². The third-order valence-corrected chi connectivity index (χ3v) is 5.51. The number of unbranched alkanes of at least 4 members (excludes halogenated alkanes) is 2. The number of carbonyl (C=O) groups excluding carboxylic acids is 1. The van der Waals surface area contributed by atoms with E-state index in [9.17, 15) is 19.1 Å². The summed E-state index contributed by atoms with van der Waals surface area (Å²) in [4.78, 5) is 22.3. The van der Waals surface area contributed by atoms with Gasteiger partial charge in [0.05, 0.1) is 0 Å². The molecule has 0 radical (unpaired) electrons. The molecule has 0 aliphatic rings. The fourth-order valence-corrected chi connectivity index (χ4v) is 3.76. The van der Waals surface area contributed by atoms with E-state index >= 15 is 0 Å². The van der Waals surface area contributed by atoms with Gasteiger partial charge in [-0.25, -0.2) is 4.39 Å². The quantitative estimate of drug-likeness (QED) is 0.445. The van der Waals surface area contributed by atoms with Crippen molar-refractivity contribution in [3.63, 3.8) is 0 Å².